The molecule has 0 saturated heterocycles. The van der Waals surface area contributed by atoms with Gasteiger partial charge in [0.25, 0.3) is 0 Å². The minimum Gasteiger partial charge on any atom is -0.478 e. The van der Waals surface area contributed by atoms with Gasteiger partial charge in [-0.05, 0) is 49.1 Å². The summed E-state index contributed by atoms with van der Waals surface area (Å²) in [5.41, 5.74) is 3.90. The zero-order chi connectivity index (χ0) is 20.2. The maximum atomic E-state index is 12.8. The number of carbonyl (C=O) groups is 1. The highest BCUT2D eigenvalue weighted by molar-refractivity contribution is 7.91. The van der Waals surface area contributed by atoms with Gasteiger partial charge in [0, 0.05) is 17.8 Å². The first-order valence-electron chi connectivity index (χ1n) is 9.17. The molecule has 0 spiro atoms. The fraction of sp³-hybridized carbons (Fsp3) is 0.381. The first-order chi connectivity index (χ1) is 12.7. The van der Waals surface area contributed by atoms with E-state index in [0.717, 1.165) is 29.5 Å². The van der Waals surface area contributed by atoms with E-state index in [4.69, 9.17) is 0 Å². The van der Waals surface area contributed by atoms with E-state index >= 15 is 0 Å². The highest BCUT2D eigenvalue weighted by Gasteiger charge is 2.25. The van der Waals surface area contributed by atoms with Crippen molar-refractivity contribution in [3.8, 4) is 11.1 Å². The topological polar surface area (TPSA) is 83.5 Å². The number of rotatable bonds is 8. The van der Waals surface area contributed by atoms with Crippen molar-refractivity contribution in [2.24, 2.45) is 0 Å². The van der Waals surface area contributed by atoms with E-state index in [1.165, 1.54) is 12.1 Å². The molecule has 146 valence electrons. The second-order valence-electron chi connectivity index (χ2n) is 6.63. The summed E-state index contributed by atoms with van der Waals surface area (Å²) >= 11 is 0. The van der Waals surface area contributed by atoms with Crippen LogP contribution in [-0.4, -0.2) is 31.8 Å². The zero-order valence-electron chi connectivity index (χ0n) is 16.3. The first kappa shape index (κ1) is 21.0. The molecule has 0 unspecified atom stereocenters. The minimum atomic E-state index is -3.62. The molecule has 0 aliphatic carbocycles. The number of benzene rings is 2. The van der Waals surface area contributed by atoms with Crippen LogP contribution in [-0.2, 0) is 9.84 Å². The molecule has 0 atom stereocenters. The molecule has 2 rings (SSSR count). The molecule has 6 heteroatoms. The Balaban J connectivity index is 2.87. The lowest BCUT2D eigenvalue weighted by molar-refractivity contribution is 0.0696. The number of nitrogens with one attached hydrogen (secondary N) is 1. The molecule has 2 aromatic rings. The van der Waals surface area contributed by atoms with E-state index in [9.17, 15) is 18.3 Å². The number of carboxylic acids is 1. The van der Waals surface area contributed by atoms with Gasteiger partial charge in [0.1, 0.15) is 0 Å². The lowest BCUT2D eigenvalue weighted by Gasteiger charge is -2.20. The lowest BCUT2D eigenvalue weighted by Crippen LogP contribution is -2.12. The van der Waals surface area contributed by atoms with Crippen LogP contribution < -0.4 is 5.32 Å². The molecule has 27 heavy (non-hydrogen) atoms. The number of aryl methyl sites for hydroxylation is 1. The molecular weight excluding hydrogens is 362 g/mol. The van der Waals surface area contributed by atoms with Crippen LogP contribution in [0.2, 0.25) is 0 Å². The van der Waals surface area contributed by atoms with E-state index in [2.05, 4.69) is 12.2 Å². The monoisotopic (exact) mass is 389 g/mol. The standard InChI is InChI=1S/C21H27NO4S/c1-5-7-11-22-18-12-16(21(23)24)13-19(27(25,26)6-2)20(18)17-10-8-9-14(3)15(17)4/h8-10,12-13,22H,5-7,11H2,1-4H3,(H,23,24). The third-order valence-electron chi connectivity index (χ3n) is 4.78. The Morgan fingerprint density at radius 1 is 1.15 bits per heavy atom. The fourth-order valence-corrected chi connectivity index (χ4v) is 4.13. The molecule has 0 amide bonds. The van der Waals surface area contributed by atoms with Gasteiger partial charge >= 0.3 is 5.97 Å². The second kappa shape index (κ2) is 8.57. The van der Waals surface area contributed by atoms with Crippen molar-refractivity contribution in [2.75, 3.05) is 17.6 Å². The van der Waals surface area contributed by atoms with E-state index in [1.807, 2.05) is 32.0 Å². The molecule has 0 bridgehead atoms. The van der Waals surface area contributed by atoms with Crippen LogP contribution >= 0.6 is 0 Å². The van der Waals surface area contributed by atoms with Crippen molar-refractivity contribution in [1.82, 2.24) is 0 Å². The van der Waals surface area contributed by atoms with Gasteiger partial charge in [-0.15, -0.1) is 0 Å². The van der Waals surface area contributed by atoms with Crippen molar-refractivity contribution in [3.05, 3.63) is 47.0 Å². The van der Waals surface area contributed by atoms with Crippen molar-refractivity contribution in [2.45, 2.75) is 45.4 Å². The normalized spacial score (nSPS) is 11.4. The number of anilines is 1. The molecule has 0 saturated carbocycles. The second-order valence-corrected chi connectivity index (χ2v) is 8.88. The van der Waals surface area contributed by atoms with Gasteiger partial charge in [0.2, 0.25) is 0 Å². The van der Waals surface area contributed by atoms with Crippen LogP contribution in [0.3, 0.4) is 0 Å². The summed E-state index contributed by atoms with van der Waals surface area (Å²) in [6.45, 7) is 8.20. The zero-order valence-corrected chi connectivity index (χ0v) is 17.1. The Hall–Kier alpha value is -2.34. The van der Waals surface area contributed by atoms with Gasteiger partial charge in [0.15, 0.2) is 9.84 Å². The number of sulfone groups is 1. The summed E-state index contributed by atoms with van der Waals surface area (Å²) in [7, 11) is -3.62. The van der Waals surface area contributed by atoms with E-state index in [0.29, 0.717) is 17.8 Å². The number of aromatic carboxylic acids is 1. The third-order valence-corrected chi connectivity index (χ3v) is 6.54. The largest absolute Gasteiger partial charge is 0.478 e. The Labute approximate surface area is 161 Å². The molecule has 0 radical (unpaired) electrons. The summed E-state index contributed by atoms with van der Waals surface area (Å²) in [6, 6.07) is 8.56. The average Bonchev–Trinajstić information content (AvgIpc) is 2.63. The average molecular weight is 390 g/mol. The first-order valence-corrected chi connectivity index (χ1v) is 10.8. The highest BCUT2D eigenvalue weighted by Crippen LogP contribution is 2.39. The van der Waals surface area contributed by atoms with Crippen LogP contribution in [0.15, 0.2) is 35.2 Å². The Kier molecular flexibility index (Phi) is 6.65. The van der Waals surface area contributed by atoms with E-state index < -0.39 is 15.8 Å². The number of hydrogen-bond donors (Lipinski definition) is 2. The van der Waals surface area contributed by atoms with Gasteiger partial charge in [-0.1, -0.05) is 38.5 Å². The van der Waals surface area contributed by atoms with Crippen LogP contribution in [0.1, 0.15) is 48.2 Å². The van der Waals surface area contributed by atoms with Crippen molar-refractivity contribution in [3.63, 3.8) is 0 Å². The minimum absolute atomic E-state index is 0.0323. The molecule has 2 aromatic carbocycles. The third kappa shape index (κ3) is 4.50. The van der Waals surface area contributed by atoms with Crippen molar-refractivity contribution >= 4 is 21.5 Å². The predicted molar refractivity (Wildman–Crippen MR) is 109 cm³/mol. The number of carboxylic acid groups (broad SMARTS) is 1. The Morgan fingerprint density at radius 2 is 1.85 bits per heavy atom. The summed E-state index contributed by atoms with van der Waals surface area (Å²) in [5, 5.41) is 12.7. The molecule has 0 aliphatic rings. The van der Waals surface area contributed by atoms with Gasteiger partial charge in [-0.25, -0.2) is 13.2 Å². The summed E-state index contributed by atoms with van der Waals surface area (Å²) in [4.78, 5) is 11.7. The van der Waals surface area contributed by atoms with E-state index in [-0.39, 0.29) is 16.2 Å². The van der Waals surface area contributed by atoms with Gasteiger partial charge < -0.3 is 10.4 Å². The summed E-state index contributed by atoms with van der Waals surface area (Å²) < 4.78 is 25.7. The van der Waals surface area contributed by atoms with Gasteiger partial charge in [-0.3, -0.25) is 0 Å². The number of hydrogen-bond acceptors (Lipinski definition) is 4. The van der Waals surface area contributed by atoms with Gasteiger partial charge in [-0.2, -0.15) is 0 Å². The van der Waals surface area contributed by atoms with E-state index in [1.54, 1.807) is 6.92 Å². The maximum Gasteiger partial charge on any atom is 0.335 e. The summed E-state index contributed by atoms with van der Waals surface area (Å²) in [5.74, 6) is -1.24. The molecule has 2 N–H and O–H groups in total. The van der Waals surface area contributed by atoms with Crippen molar-refractivity contribution in [1.29, 1.82) is 0 Å². The van der Waals surface area contributed by atoms with Crippen LogP contribution in [0.25, 0.3) is 11.1 Å². The molecule has 0 aliphatic heterocycles. The molecule has 0 fully saturated rings. The van der Waals surface area contributed by atoms with Crippen LogP contribution in [0.5, 0.6) is 0 Å². The van der Waals surface area contributed by atoms with Gasteiger partial charge in [0.05, 0.1) is 16.2 Å². The SMILES string of the molecule is CCCCNc1cc(C(=O)O)cc(S(=O)(=O)CC)c1-c1cccc(C)c1C. The Bertz CT molecular complexity index is 949. The van der Waals surface area contributed by atoms with Crippen LogP contribution in [0, 0.1) is 13.8 Å². The smallest absolute Gasteiger partial charge is 0.335 e. The highest BCUT2D eigenvalue weighted by atomic mass is 32.2. The van der Waals surface area contributed by atoms with Crippen molar-refractivity contribution < 1.29 is 18.3 Å². The molecule has 5 nitrogen and oxygen atoms in total. The molecule has 0 aromatic heterocycles. The fourth-order valence-electron chi connectivity index (χ4n) is 2.98. The predicted octanol–water partition coefficient (Wildman–Crippen LogP) is 4.67. The molecular formula is C21H27NO4S. The Morgan fingerprint density at radius 3 is 2.44 bits per heavy atom. The lowest BCUT2D eigenvalue weighted by atomic mass is 9.94. The maximum absolute atomic E-state index is 12.8. The number of unbranched alkanes of at least 4 members (excludes halogenated alkanes) is 1. The molecule has 0 heterocycles. The quantitative estimate of drug-likeness (QED) is 0.641. The van der Waals surface area contributed by atoms with Crippen LogP contribution in [0.4, 0.5) is 5.69 Å². The summed E-state index contributed by atoms with van der Waals surface area (Å²) in [6.07, 6.45) is 1.88.